The van der Waals surface area contributed by atoms with Gasteiger partial charge in [0, 0.05) is 0 Å². The highest BCUT2D eigenvalue weighted by atomic mass is 16.5. The number of likely N-dealkylation sites (N-methyl/N-ethyl adjacent to an activating group) is 1. The summed E-state index contributed by atoms with van der Waals surface area (Å²) in [6.07, 6.45) is 0. The maximum absolute atomic E-state index is 12.0. The van der Waals surface area contributed by atoms with Crippen LogP contribution in [0, 0.1) is 0 Å². The second-order valence-corrected chi connectivity index (χ2v) is 5.24. The molecule has 0 aliphatic carbocycles. The maximum Gasteiger partial charge on any atom is 0.201 e. The van der Waals surface area contributed by atoms with Crippen molar-refractivity contribution in [1.29, 1.82) is 0 Å². The first kappa shape index (κ1) is 15.9. The van der Waals surface area contributed by atoms with E-state index in [2.05, 4.69) is 0 Å². The zero-order chi connectivity index (χ0) is 16.1. The third kappa shape index (κ3) is 3.77. The zero-order valence-electron chi connectivity index (χ0n) is 12.6. The summed E-state index contributed by atoms with van der Waals surface area (Å²) < 4.78 is 5.49. The Bertz CT molecular complexity index is 653. The molecule has 5 nitrogen and oxygen atoms in total. The van der Waals surface area contributed by atoms with E-state index in [0.717, 1.165) is 5.56 Å². The van der Waals surface area contributed by atoms with E-state index in [0.29, 0.717) is 0 Å². The lowest BCUT2D eigenvalue weighted by molar-refractivity contribution is 0.0954. The second kappa shape index (κ2) is 6.95. The molecule has 0 spiro atoms. The molecule has 0 aliphatic heterocycles. The highest BCUT2D eigenvalue weighted by molar-refractivity contribution is 6.01. The number of aromatic hydroxyl groups is 2. The van der Waals surface area contributed by atoms with Crippen LogP contribution in [0.2, 0.25) is 0 Å². The van der Waals surface area contributed by atoms with Crippen LogP contribution >= 0.6 is 0 Å². The molecule has 0 fully saturated rings. The number of carbonyl (C=O) groups excluding carboxylic acids is 1. The molecule has 2 rings (SSSR count). The number of Topliss-reactive ketones (excluding diaryl/α,β-unsaturated/α-hetero) is 1. The number of nitrogens with zero attached hydrogens (tertiary/aromatic N) is 1. The van der Waals surface area contributed by atoms with E-state index in [1.54, 1.807) is 19.0 Å². The molecule has 2 aromatic carbocycles. The van der Waals surface area contributed by atoms with Gasteiger partial charge in [0.15, 0.2) is 17.3 Å². The van der Waals surface area contributed by atoms with Gasteiger partial charge in [-0.3, -0.25) is 4.79 Å². The summed E-state index contributed by atoms with van der Waals surface area (Å²) in [6, 6.07) is 12.4. The Balaban J connectivity index is 2.14. The van der Waals surface area contributed by atoms with Gasteiger partial charge in [0.1, 0.15) is 6.61 Å². The van der Waals surface area contributed by atoms with Crippen molar-refractivity contribution in [3.63, 3.8) is 0 Å². The van der Waals surface area contributed by atoms with Gasteiger partial charge in [-0.1, -0.05) is 30.3 Å². The minimum Gasteiger partial charge on any atom is -0.504 e. The van der Waals surface area contributed by atoms with E-state index in [-0.39, 0.29) is 30.2 Å². The lowest BCUT2D eigenvalue weighted by atomic mass is 10.1. The van der Waals surface area contributed by atoms with E-state index >= 15 is 0 Å². The Morgan fingerprint density at radius 1 is 1.05 bits per heavy atom. The first-order chi connectivity index (χ1) is 10.5. The summed E-state index contributed by atoms with van der Waals surface area (Å²) in [7, 11) is 3.51. The molecule has 0 saturated heterocycles. The van der Waals surface area contributed by atoms with Crippen LogP contribution in [-0.2, 0) is 6.61 Å². The average molecular weight is 301 g/mol. The molecule has 0 aliphatic rings. The van der Waals surface area contributed by atoms with Gasteiger partial charge in [0.05, 0.1) is 12.1 Å². The zero-order valence-corrected chi connectivity index (χ0v) is 12.6. The Hall–Kier alpha value is -2.53. The van der Waals surface area contributed by atoms with E-state index in [4.69, 9.17) is 4.74 Å². The van der Waals surface area contributed by atoms with Gasteiger partial charge in [-0.25, -0.2) is 0 Å². The monoisotopic (exact) mass is 301 g/mol. The molecule has 0 amide bonds. The lowest BCUT2D eigenvalue weighted by Gasteiger charge is -2.13. The molecular formula is C17H19NO4. The molecule has 116 valence electrons. The number of rotatable bonds is 6. The Morgan fingerprint density at radius 2 is 1.73 bits per heavy atom. The van der Waals surface area contributed by atoms with E-state index in [9.17, 15) is 15.0 Å². The summed E-state index contributed by atoms with van der Waals surface area (Å²) in [5.41, 5.74) is 1.02. The molecule has 0 aromatic heterocycles. The third-order valence-electron chi connectivity index (χ3n) is 3.11. The number of ketones is 1. The van der Waals surface area contributed by atoms with Crippen molar-refractivity contribution in [2.24, 2.45) is 0 Å². The number of hydrogen-bond donors (Lipinski definition) is 2. The van der Waals surface area contributed by atoms with E-state index in [1.807, 2.05) is 30.3 Å². The number of carbonyl (C=O) groups is 1. The fourth-order valence-corrected chi connectivity index (χ4v) is 2.01. The molecule has 0 radical (unpaired) electrons. The Morgan fingerprint density at radius 3 is 2.36 bits per heavy atom. The second-order valence-electron chi connectivity index (χ2n) is 5.24. The lowest BCUT2D eigenvalue weighted by Crippen LogP contribution is -2.21. The first-order valence-corrected chi connectivity index (χ1v) is 6.88. The minimum atomic E-state index is -0.447. The number of hydrogen-bond acceptors (Lipinski definition) is 5. The van der Waals surface area contributed by atoms with Crippen molar-refractivity contribution in [3.05, 3.63) is 53.6 Å². The predicted octanol–water partition coefficient (Wildman–Crippen LogP) is 2.42. The van der Waals surface area contributed by atoms with Gasteiger partial charge in [-0.2, -0.15) is 0 Å². The normalized spacial score (nSPS) is 10.7. The summed E-state index contributed by atoms with van der Waals surface area (Å²) in [6.45, 7) is 0.413. The standard InChI is InChI=1S/C17H19NO4/c1-18(2)10-14(19)13-8-9-15(17(21)16(13)20)22-11-12-6-4-3-5-7-12/h3-9,20-21H,10-11H2,1-2H3. The summed E-state index contributed by atoms with van der Waals surface area (Å²) >= 11 is 0. The quantitative estimate of drug-likeness (QED) is 0.633. The van der Waals surface area contributed by atoms with Crippen molar-refractivity contribution >= 4 is 5.78 Å². The third-order valence-corrected chi connectivity index (χ3v) is 3.11. The van der Waals surface area contributed by atoms with Crippen molar-refractivity contribution < 1.29 is 19.7 Å². The molecule has 0 atom stereocenters. The average Bonchev–Trinajstić information content (AvgIpc) is 2.49. The summed E-state index contributed by atoms with van der Waals surface area (Å²) in [5.74, 6) is -0.992. The van der Waals surface area contributed by atoms with Crippen molar-refractivity contribution in [1.82, 2.24) is 4.90 Å². The smallest absolute Gasteiger partial charge is 0.201 e. The molecule has 0 unspecified atom stereocenters. The molecular weight excluding hydrogens is 282 g/mol. The Kier molecular flexibility index (Phi) is 5.01. The van der Waals surface area contributed by atoms with Crippen LogP contribution in [0.25, 0.3) is 0 Å². The van der Waals surface area contributed by atoms with Gasteiger partial charge in [-0.15, -0.1) is 0 Å². The number of phenolic OH excluding ortho intramolecular Hbond substituents is 2. The van der Waals surface area contributed by atoms with E-state index in [1.165, 1.54) is 12.1 Å². The highest BCUT2D eigenvalue weighted by Gasteiger charge is 2.18. The van der Waals surface area contributed by atoms with Gasteiger partial charge >= 0.3 is 0 Å². The predicted molar refractivity (Wildman–Crippen MR) is 83.4 cm³/mol. The van der Waals surface area contributed by atoms with Gasteiger partial charge < -0.3 is 19.8 Å². The Labute approximate surface area is 129 Å². The topological polar surface area (TPSA) is 70.0 Å². The molecule has 5 heteroatoms. The number of ether oxygens (including phenoxy) is 1. The van der Waals surface area contributed by atoms with Crippen molar-refractivity contribution in [2.45, 2.75) is 6.61 Å². The molecule has 2 aromatic rings. The van der Waals surface area contributed by atoms with Crippen LogP contribution in [0.4, 0.5) is 0 Å². The number of benzene rings is 2. The molecule has 0 saturated carbocycles. The highest BCUT2D eigenvalue weighted by Crippen LogP contribution is 2.38. The SMILES string of the molecule is CN(C)CC(=O)c1ccc(OCc2ccccc2)c(O)c1O. The largest absolute Gasteiger partial charge is 0.504 e. The molecule has 0 heterocycles. The van der Waals surface area contributed by atoms with Crippen LogP contribution in [0.15, 0.2) is 42.5 Å². The van der Waals surface area contributed by atoms with Crippen LogP contribution in [0.5, 0.6) is 17.2 Å². The van der Waals surface area contributed by atoms with Crippen LogP contribution < -0.4 is 4.74 Å². The van der Waals surface area contributed by atoms with Gasteiger partial charge in [0.2, 0.25) is 5.75 Å². The molecule has 0 bridgehead atoms. The van der Waals surface area contributed by atoms with Crippen LogP contribution in [0.3, 0.4) is 0 Å². The maximum atomic E-state index is 12.0. The first-order valence-electron chi connectivity index (χ1n) is 6.88. The van der Waals surface area contributed by atoms with Crippen molar-refractivity contribution in [3.8, 4) is 17.2 Å². The molecule has 22 heavy (non-hydrogen) atoms. The van der Waals surface area contributed by atoms with Crippen LogP contribution in [-0.4, -0.2) is 41.5 Å². The summed E-state index contributed by atoms with van der Waals surface area (Å²) in [5, 5.41) is 20.0. The van der Waals surface area contributed by atoms with Crippen LogP contribution in [0.1, 0.15) is 15.9 Å². The van der Waals surface area contributed by atoms with Crippen molar-refractivity contribution in [2.75, 3.05) is 20.6 Å². The number of phenols is 2. The van der Waals surface area contributed by atoms with Gasteiger partial charge in [0.25, 0.3) is 0 Å². The fourth-order valence-electron chi connectivity index (χ4n) is 2.01. The minimum absolute atomic E-state index is 0.0817. The fraction of sp³-hybridized carbons (Fsp3) is 0.235. The van der Waals surface area contributed by atoms with E-state index < -0.39 is 11.5 Å². The summed E-state index contributed by atoms with van der Waals surface area (Å²) in [4.78, 5) is 13.7. The molecule has 2 N–H and O–H groups in total. The van der Waals surface area contributed by atoms with Gasteiger partial charge in [-0.05, 0) is 31.8 Å².